The number of hydrogen-bond donors (Lipinski definition) is 10. The number of hydrogen-bond acceptors (Lipinski definition) is 16. The molecule has 7 fully saturated rings. The second-order valence-corrected chi connectivity index (χ2v) is 22.7. The Hall–Kier alpha value is -1.39. The first-order chi connectivity index (χ1) is 29.3. The van der Waals surface area contributed by atoms with Crippen molar-refractivity contribution in [3.8, 4) is 0 Å². The SMILES string of the molecule is CC1(C)CC[C@]2(C(=O)O)[C@H](O)C[C@]3(C)C(=CC[C@@H]4[C@@]5(C)CC[C@H](O[C@@H]6O[C@H](CO[C@@H]7OC[C@H](O)[C@H](O)[C@H]7O[C@@H]7OC[C@@H](O)[C@H](O)[C@H]7O)[C@@H](O)[C@H](O)[C@H]6O)C(C)(C)[C@@H]5CC[C@]43C)[C@H]2C1. The molecule has 10 N–H and O–H groups in total. The third kappa shape index (κ3) is 7.50. The predicted octanol–water partition coefficient (Wildman–Crippen LogP) is 0.955. The van der Waals surface area contributed by atoms with Gasteiger partial charge in [-0.15, -0.1) is 0 Å². The molecule has 0 aromatic rings. The lowest BCUT2D eigenvalue weighted by molar-refractivity contribution is -0.357. The van der Waals surface area contributed by atoms with Crippen LogP contribution >= 0.6 is 0 Å². The van der Waals surface area contributed by atoms with Crippen LogP contribution < -0.4 is 0 Å². The second kappa shape index (κ2) is 16.7. The molecule has 5 aliphatic carbocycles. The maximum atomic E-state index is 13.1. The summed E-state index contributed by atoms with van der Waals surface area (Å²) in [6.45, 7) is 14.7. The van der Waals surface area contributed by atoms with Crippen molar-refractivity contribution in [3.63, 3.8) is 0 Å². The predicted molar refractivity (Wildman–Crippen MR) is 220 cm³/mol. The van der Waals surface area contributed by atoms with Gasteiger partial charge in [-0.2, -0.15) is 0 Å². The Morgan fingerprint density at radius 1 is 0.698 bits per heavy atom. The highest BCUT2D eigenvalue weighted by Gasteiger charge is 2.71. The van der Waals surface area contributed by atoms with Crippen LogP contribution in [0.2, 0.25) is 0 Å². The molecule has 22 atom stereocenters. The molecule has 63 heavy (non-hydrogen) atoms. The molecule has 3 heterocycles. The largest absolute Gasteiger partial charge is 0.481 e. The summed E-state index contributed by atoms with van der Waals surface area (Å²) in [6.07, 6.45) is -12.3. The number of carboxylic acid groups (broad SMARTS) is 1. The molecule has 8 rings (SSSR count). The molecule has 3 saturated heterocycles. The van der Waals surface area contributed by atoms with Gasteiger partial charge in [-0.3, -0.25) is 4.79 Å². The highest BCUT2D eigenvalue weighted by molar-refractivity contribution is 5.77. The molecular formula is C46H74O17. The van der Waals surface area contributed by atoms with Crippen molar-refractivity contribution in [1.29, 1.82) is 0 Å². The van der Waals surface area contributed by atoms with Gasteiger partial charge < -0.3 is 79.5 Å². The van der Waals surface area contributed by atoms with Crippen LogP contribution in [0.1, 0.15) is 106 Å². The van der Waals surface area contributed by atoms with Crippen LogP contribution in [-0.2, 0) is 33.2 Å². The summed E-state index contributed by atoms with van der Waals surface area (Å²) < 4.78 is 35.4. The van der Waals surface area contributed by atoms with Gasteiger partial charge in [0.25, 0.3) is 0 Å². The van der Waals surface area contributed by atoms with Gasteiger partial charge in [-0.05, 0) is 103 Å². The number of carbonyl (C=O) groups is 1. The fourth-order valence-corrected chi connectivity index (χ4v) is 14.6. The van der Waals surface area contributed by atoms with Crippen LogP contribution in [0.5, 0.6) is 0 Å². The molecule has 17 heteroatoms. The van der Waals surface area contributed by atoms with Gasteiger partial charge >= 0.3 is 5.97 Å². The zero-order valence-electron chi connectivity index (χ0n) is 37.8. The van der Waals surface area contributed by atoms with E-state index in [-0.39, 0.29) is 47.2 Å². The monoisotopic (exact) mass is 898 g/mol. The number of allylic oxidation sites excluding steroid dienone is 2. The number of aliphatic carboxylic acids is 1. The number of fused-ring (bicyclic) bond motifs is 7. The topological polar surface area (TPSA) is 275 Å². The summed E-state index contributed by atoms with van der Waals surface area (Å²) in [5, 5.41) is 108. The summed E-state index contributed by atoms with van der Waals surface area (Å²) in [6, 6.07) is 0. The third-order valence-corrected chi connectivity index (χ3v) is 18.6. The maximum Gasteiger partial charge on any atom is 0.312 e. The van der Waals surface area contributed by atoms with Crippen LogP contribution in [0.3, 0.4) is 0 Å². The molecule has 360 valence electrons. The van der Waals surface area contributed by atoms with Crippen molar-refractivity contribution >= 4 is 5.97 Å². The van der Waals surface area contributed by atoms with Crippen molar-refractivity contribution in [2.45, 2.75) is 198 Å². The molecule has 0 radical (unpaired) electrons. The fraction of sp³-hybridized carbons (Fsp3) is 0.935. The first-order valence-electron chi connectivity index (χ1n) is 23.2. The third-order valence-electron chi connectivity index (χ3n) is 18.6. The number of aliphatic hydroxyl groups excluding tert-OH is 9. The minimum absolute atomic E-state index is 0.0349. The Morgan fingerprint density at radius 3 is 2.03 bits per heavy atom. The summed E-state index contributed by atoms with van der Waals surface area (Å²) in [7, 11) is 0. The average molecular weight is 899 g/mol. The molecular weight excluding hydrogens is 824 g/mol. The van der Waals surface area contributed by atoms with E-state index in [0.29, 0.717) is 19.3 Å². The van der Waals surface area contributed by atoms with E-state index in [1.165, 1.54) is 5.57 Å². The van der Waals surface area contributed by atoms with E-state index < -0.39 is 121 Å². The Morgan fingerprint density at radius 2 is 1.35 bits per heavy atom. The van der Waals surface area contributed by atoms with Crippen molar-refractivity contribution in [1.82, 2.24) is 0 Å². The Bertz CT molecular complexity index is 1730. The smallest absolute Gasteiger partial charge is 0.312 e. The molecule has 8 aliphatic rings. The van der Waals surface area contributed by atoms with E-state index in [4.69, 9.17) is 28.4 Å². The molecule has 0 aromatic heterocycles. The van der Waals surface area contributed by atoms with E-state index in [1.807, 2.05) is 0 Å². The first kappa shape index (κ1) is 48.1. The Labute approximate surface area is 369 Å². The van der Waals surface area contributed by atoms with Crippen molar-refractivity contribution in [2.24, 2.45) is 50.2 Å². The van der Waals surface area contributed by atoms with Crippen LogP contribution in [0.4, 0.5) is 0 Å². The lowest BCUT2D eigenvalue weighted by atomic mass is 9.33. The van der Waals surface area contributed by atoms with Gasteiger partial charge in [0.2, 0.25) is 0 Å². The van der Waals surface area contributed by atoms with Crippen molar-refractivity contribution in [2.75, 3.05) is 19.8 Å². The average Bonchev–Trinajstić information content (AvgIpc) is 3.20. The second-order valence-electron chi connectivity index (χ2n) is 22.7. The summed E-state index contributed by atoms with van der Waals surface area (Å²) in [4.78, 5) is 13.1. The normalized spacial score (nSPS) is 54.1. The lowest BCUT2D eigenvalue weighted by Gasteiger charge is -2.71. The zero-order valence-corrected chi connectivity index (χ0v) is 37.8. The van der Waals surface area contributed by atoms with Gasteiger partial charge in [0.05, 0.1) is 32.0 Å². The van der Waals surface area contributed by atoms with E-state index in [9.17, 15) is 55.9 Å². The molecule has 3 aliphatic heterocycles. The molecule has 0 aromatic carbocycles. The zero-order chi connectivity index (χ0) is 46.0. The van der Waals surface area contributed by atoms with Gasteiger partial charge in [-0.1, -0.05) is 60.1 Å². The first-order valence-corrected chi connectivity index (χ1v) is 23.2. The van der Waals surface area contributed by atoms with Crippen molar-refractivity contribution in [3.05, 3.63) is 11.6 Å². The van der Waals surface area contributed by atoms with Crippen LogP contribution in [0.15, 0.2) is 11.6 Å². The van der Waals surface area contributed by atoms with Gasteiger partial charge in [0, 0.05) is 0 Å². The van der Waals surface area contributed by atoms with Gasteiger partial charge in [0.1, 0.15) is 66.5 Å². The van der Waals surface area contributed by atoms with Crippen LogP contribution in [-0.4, -0.2) is 169 Å². The maximum absolute atomic E-state index is 13.1. The summed E-state index contributed by atoms with van der Waals surface area (Å²) >= 11 is 0. The molecule has 4 saturated carbocycles. The van der Waals surface area contributed by atoms with Gasteiger partial charge in [-0.25, -0.2) is 0 Å². The van der Waals surface area contributed by atoms with Crippen LogP contribution in [0, 0.1) is 50.2 Å². The summed E-state index contributed by atoms with van der Waals surface area (Å²) in [5.41, 5.74) is -1.18. The van der Waals surface area contributed by atoms with Gasteiger partial charge in [0.15, 0.2) is 18.9 Å². The molecule has 17 nitrogen and oxygen atoms in total. The highest BCUT2D eigenvalue weighted by atomic mass is 16.8. The molecule has 0 amide bonds. The van der Waals surface area contributed by atoms with E-state index >= 15 is 0 Å². The number of rotatable bonds is 8. The Balaban J connectivity index is 0.970. The number of ether oxygens (including phenoxy) is 6. The van der Waals surface area contributed by atoms with E-state index in [2.05, 4.69) is 54.5 Å². The number of aliphatic hydroxyl groups is 9. The van der Waals surface area contributed by atoms with E-state index in [1.54, 1.807) is 0 Å². The fourth-order valence-electron chi connectivity index (χ4n) is 14.6. The Kier molecular flexibility index (Phi) is 12.7. The quantitative estimate of drug-likeness (QED) is 0.120. The van der Waals surface area contributed by atoms with Crippen LogP contribution in [0.25, 0.3) is 0 Å². The molecule has 0 bridgehead atoms. The minimum atomic E-state index is -1.70. The minimum Gasteiger partial charge on any atom is -0.481 e. The molecule has 0 unspecified atom stereocenters. The molecule has 0 spiro atoms. The standard InChI is InChI=1S/C46H74O17/c1-41(2)14-15-46(40(56)57)22(16-41)21-8-9-27-43(5)12-11-29(42(3,4)26(43)10-13-44(27,6)45(21,7)17-28(46)49)62-38-35(55)33(53)32(52)25(61-38)20-60-39-36(31(51)24(48)19-59-39)63-37-34(54)30(50)23(47)18-58-37/h8,22-39,47-55H,9-20H2,1-7H3,(H,56,57)/t22-,23-,24+,25-,26+,27-,28-,29+,30+,31+,32-,33+,34-,35-,36-,37+,38+,39+,43+,44-,45-,46-/m1/s1. The van der Waals surface area contributed by atoms with E-state index in [0.717, 1.165) is 38.5 Å². The summed E-state index contributed by atoms with van der Waals surface area (Å²) in [5.74, 6) is -0.701. The number of carboxylic acids is 1. The lowest BCUT2D eigenvalue weighted by Crippen LogP contribution is -2.68. The highest BCUT2D eigenvalue weighted by Crippen LogP contribution is 2.76. The van der Waals surface area contributed by atoms with Crippen molar-refractivity contribution < 1.29 is 84.3 Å².